The van der Waals surface area contributed by atoms with Crippen LogP contribution in [0.5, 0.6) is 5.75 Å². The molecule has 0 spiro atoms. The first kappa shape index (κ1) is 15.1. The number of hydrogen-bond acceptors (Lipinski definition) is 3. The summed E-state index contributed by atoms with van der Waals surface area (Å²) in [5, 5.41) is 13.3. The van der Waals surface area contributed by atoms with Crippen molar-refractivity contribution in [1.82, 2.24) is 5.32 Å². The summed E-state index contributed by atoms with van der Waals surface area (Å²) in [5.41, 5.74) is -0.107. The summed E-state index contributed by atoms with van der Waals surface area (Å²) < 4.78 is 41.3. The second-order valence-corrected chi connectivity index (χ2v) is 3.70. The molecule has 2 amide bonds. The minimum absolute atomic E-state index is 0.107. The molecule has 5 nitrogen and oxygen atoms in total. The lowest BCUT2D eigenvalue weighted by Crippen LogP contribution is -2.38. The third-order valence-electron chi connectivity index (χ3n) is 2.06. The van der Waals surface area contributed by atoms with E-state index in [1.165, 1.54) is 0 Å². The number of nitrogens with one attached hydrogen (secondary N) is 2. The second kappa shape index (κ2) is 6.83. The van der Waals surface area contributed by atoms with Crippen LogP contribution < -0.4 is 15.4 Å². The van der Waals surface area contributed by atoms with Crippen molar-refractivity contribution in [2.75, 3.05) is 11.9 Å². The van der Waals surface area contributed by atoms with E-state index < -0.39 is 30.3 Å². The fourth-order valence-electron chi connectivity index (χ4n) is 1.22. The van der Waals surface area contributed by atoms with E-state index in [4.69, 9.17) is 5.11 Å². The summed E-state index contributed by atoms with van der Waals surface area (Å²) in [5.74, 6) is -1.26. The van der Waals surface area contributed by atoms with Crippen LogP contribution in [0.15, 0.2) is 18.2 Å². The number of benzene rings is 1. The lowest BCUT2D eigenvalue weighted by molar-refractivity contribution is -0.0495. The van der Waals surface area contributed by atoms with Crippen LogP contribution >= 0.6 is 0 Å². The number of urea groups is 1. The molecule has 1 rings (SSSR count). The molecule has 8 heteroatoms. The number of halogens is 3. The Morgan fingerprint density at radius 3 is 2.74 bits per heavy atom. The zero-order valence-corrected chi connectivity index (χ0v) is 9.99. The van der Waals surface area contributed by atoms with Gasteiger partial charge in [-0.1, -0.05) is 0 Å². The minimum atomic E-state index is -3.14. The van der Waals surface area contributed by atoms with Crippen LogP contribution in [0.25, 0.3) is 0 Å². The Morgan fingerprint density at radius 1 is 1.47 bits per heavy atom. The topological polar surface area (TPSA) is 70.6 Å². The first-order valence-electron chi connectivity index (χ1n) is 5.35. The fourth-order valence-corrected chi connectivity index (χ4v) is 1.22. The number of hydrogen-bond donors (Lipinski definition) is 3. The maximum absolute atomic E-state index is 12.9. The van der Waals surface area contributed by atoms with Gasteiger partial charge >= 0.3 is 12.6 Å². The van der Waals surface area contributed by atoms with E-state index in [9.17, 15) is 18.0 Å². The molecule has 0 aliphatic rings. The monoisotopic (exact) mass is 278 g/mol. The number of aliphatic hydroxyl groups excluding tert-OH is 1. The van der Waals surface area contributed by atoms with Crippen molar-refractivity contribution >= 4 is 11.7 Å². The Labute approximate surface area is 107 Å². The third-order valence-corrected chi connectivity index (χ3v) is 2.06. The lowest BCUT2D eigenvalue weighted by atomic mass is 10.3. The zero-order chi connectivity index (χ0) is 14.4. The predicted octanol–water partition coefficient (Wildman–Crippen LogP) is 1.93. The zero-order valence-electron chi connectivity index (χ0n) is 9.99. The highest BCUT2D eigenvalue weighted by atomic mass is 19.3. The Balaban J connectivity index is 2.79. The number of aliphatic hydroxyl groups is 1. The standard InChI is InChI=1S/C11H13F3N2O3/c1-6(5-17)15-11(18)16-8-3-2-7(12)4-9(8)19-10(13)14/h2-4,6,10,17H,5H2,1H3,(H2,15,16,18)/t6-/m0/s1. The first-order chi connectivity index (χ1) is 8.92. The van der Waals surface area contributed by atoms with Crippen molar-refractivity contribution in [3.05, 3.63) is 24.0 Å². The summed E-state index contributed by atoms with van der Waals surface area (Å²) in [6, 6.07) is 1.57. The Kier molecular flexibility index (Phi) is 5.43. The van der Waals surface area contributed by atoms with E-state index in [1.807, 2.05) is 0 Å². The lowest BCUT2D eigenvalue weighted by Gasteiger charge is -2.14. The van der Waals surface area contributed by atoms with Crippen LogP contribution in [-0.4, -0.2) is 30.4 Å². The van der Waals surface area contributed by atoms with Crippen LogP contribution in [0.1, 0.15) is 6.92 Å². The number of carbonyl (C=O) groups is 1. The molecule has 0 aromatic heterocycles. The van der Waals surface area contributed by atoms with Gasteiger partial charge in [-0.3, -0.25) is 0 Å². The smallest absolute Gasteiger partial charge is 0.387 e. The van der Waals surface area contributed by atoms with Crippen molar-refractivity contribution < 1.29 is 27.8 Å². The molecule has 0 heterocycles. The maximum atomic E-state index is 12.9. The van der Waals surface area contributed by atoms with Gasteiger partial charge in [-0.25, -0.2) is 9.18 Å². The van der Waals surface area contributed by atoms with Crippen molar-refractivity contribution in [3.63, 3.8) is 0 Å². The third kappa shape index (κ3) is 5.04. The summed E-state index contributed by atoms with van der Waals surface area (Å²) >= 11 is 0. The highest BCUT2D eigenvalue weighted by Gasteiger charge is 2.14. The highest BCUT2D eigenvalue weighted by Crippen LogP contribution is 2.26. The van der Waals surface area contributed by atoms with Gasteiger partial charge in [0.25, 0.3) is 0 Å². The van der Waals surface area contributed by atoms with Crippen LogP contribution in [0.3, 0.4) is 0 Å². The largest absolute Gasteiger partial charge is 0.432 e. The van der Waals surface area contributed by atoms with Gasteiger partial charge < -0.3 is 20.5 Å². The summed E-state index contributed by atoms with van der Waals surface area (Å²) in [6.07, 6.45) is 0. The Bertz CT molecular complexity index is 443. The molecule has 1 aromatic carbocycles. The molecule has 0 fully saturated rings. The van der Waals surface area contributed by atoms with Crippen molar-refractivity contribution in [2.24, 2.45) is 0 Å². The summed E-state index contributed by atoms with van der Waals surface area (Å²) in [6.45, 7) is -1.88. The molecule has 1 atom stereocenters. The molecule has 0 saturated carbocycles. The van der Waals surface area contributed by atoms with E-state index in [0.717, 1.165) is 18.2 Å². The van der Waals surface area contributed by atoms with E-state index in [-0.39, 0.29) is 12.3 Å². The number of amides is 2. The average Bonchev–Trinajstić information content (AvgIpc) is 2.31. The molecule has 0 bridgehead atoms. The van der Waals surface area contributed by atoms with Crippen LogP contribution in [0.2, 0.25) is 0 Å². The molecule has 0 aliphatic carbocycles. The summed E-state index contributed by atoms with van der Waals surface area (Å²) in [4.78, 5) is 11.4. The molecular formula is C11H13F3N2O3. The number of rotatable bonds is 5. The van der Waals surface area contributed by atoms with Gasteiger partial charge in [-0.05, 0) is 19.1 Å². The van der Waals surface area contributed by atoms with Crippen molar-refractivity contribution in [1.29, 1.82) is 0 Å². The molecule has 3 N–H and O–H groups in total. The van der Waals surface area contributed by atoms with Gasteiger partial charge in [0, 0.05) is 6.07 Å². The molecule has 0 saturated heterocycles. The molecular weight excluding hydrogens is 265 g/mol. The summed E-state index contributed by atoms with van der Waals surface area (Å²) in [7, 11) is 0. The number of carbonyl (C=O) groups excluding carboxylic acids is 1. The Hall–Kier alpha value is -1.96. The molecule has 19 heavy (non-hydrogen) atoms. The van der Waals surface area contributed by atoms with Gasteiger partial charge in [-0.15, -0.1) is 0 Å². The molecule has 1 aromatic rings. The van der Waals surface area contributed by atoms with Crippen LogP contribution in [-0.2, 0) is 0 Å². The minimum Gasteiger partial charge on any atom is -0.432 e. The SMILES string of the molecule is C[C@@H](CO)NC(=O)Nc1ccc(F)cc1OC(F)F. The van der Waals surface area contributed by atoms with E-state index in [1.54, 1.807) is 6.92 Å². The van der Waals surface area contributed by atoms with Gasteiger partial charge in [-0.2, -0.15) is 8.78 Å². The van der Waals surface area contributed by atoms with E-state index >= 15 is 0 Å². The molecule has 0 radical (unpaired) electrons. The number of alkyl halides is 2. The van der Waals surface area contributed by atoms with Crippen LogP contribution in [0.4, 0.5) is 23.7 Å². The molecule has 0 aliphatic heterocycles. The normalized spacial score (nSPS) is 12.1. The number of anilines is 1. The second-order valence-electron chi connectivity index (χ2n) is 3.70. The van der Waals surface area contributed by atoms with Gasteiger partial charge in [0.15, 0.2) is 5.75 Å². The molecule has 106 valence electrons. The predicted molar refractivity (Wildman–Crippen MR) is 61.7 cm³/mol. The average molecular weight is 278 g/mol. The fraction of sp³-hybridized carbons (Fsp3) is 0.364. The van der Waals surface area contributed by atoms with Crippen molar-refractivity contribution in [3.8, 4) is 5.75 Å². The van der Waals surface area contributed by atoms with Crippen molar-refractivity contribution in [2.45, 2.75) is 19.6 Å². The Morgan fingerprint density at radius 2 is 2.16 bits per heavy atom. The number of ether oxygens (including phenoxy) is 1. The van der Waals surface area contributed by atoms with E-state index in [0.29, 0.717) is 0 Å². The van der Waals surface area contributed by atoms with Gasteiger partial charge in [0.05, 0.1) is 18.3 Å². The van der Waals surface area contributed by atoms with Crippen LogP contribution in [0, 0.1) is 5.82 Å². The van der Waals surface area contributed by atoms with E-state index in [2.05, 4.69) is 15.4 Å². The highest BCUT2D eigenvalue weighted by molar-refractivity contribution is 5.91. The quantitative estimate of drug-likeness (QED) is 0.770. The van der Waals surface area contributed by atoms with Gasteiger partial charge in [0.1, 0.15) is 5.82 Å². The maximum Gasteiger partial charge on any atom is 0.387 e. The first-order valence-corrected chi connectivity index (χ1v) is 5.35. The van der Waals surface area contributed by atoms with Gasteiger partial charge in [0.2, 0.25) is 0 Å². The molecule has 0 unspecified atom stereocenters.